The molecule has 3 aromatic heterocycles. The zero-order valence-corrected chi connectivity index (χ0v) is 26.6. The molecule has 244 valence electrons. The number of carbonyl (C=O) groups excluding carboxylic acids is 2. The molecule has 0 bridgehead atoms. The molecule has 3 aromatic rings. The van der Waals surface area contributed by atoms with Crippen LogP contribution in [-0.2, 0) is 37.1 Å². The monoisotopic (exact) mass is 674 g/mol. The Bertz CT molecular complexity index is 1780. The highest BCUT2D eigenvalue weighted by molar-refractivity contribution is 8.00. The maximum Gasteiger partial charge on any atom is 0.352 e. The average molecular weight is 675 g/mol. The first kappa shape index (κ1) is 32.6. The van der Waals surface area contributed by atoms with Crippen molar-refractivity contribution in [2.75, 3.05) is 30.8 Å². The molecule has 2 aliphatic rings. The predicted molar refractivity (Wildman–Crippen MR) is 166 cm³/mol. The number of pyridine rings is 1. The first-order chi connectivity index (χ1) is 21.8. The second-order valence-electron chi connectivity index (χ2n) is 10.8. The number of anilines is 2. The molecule has 18 nitrogen and oxygen atoms in total. The van der Waals surface area contributed by atoms with E-state index in [9.17, 15) is 29.4 Å². The van der Waals surface area contributed by atoms with Gasteiger partial charge in [-0.1, -0.05) is 5.16 Å². The lowest BCUT2D eigenvalue weighted by atomic mass is 10.0. The highest BCUT2D eigenvalue weighted by atomic mass is 32.2. The molecular formula is C26H32N11O7S2+. The standard InChI is InChI=1S/C26H31N11O7S2/c1-26(2,23(42)43)44-33-14(17-31-25(28)46-34-17)19(38)30-15-20(39)37-16(22(40)41)12(11-45-21(15)37)10-35-8-4-6-13-18(35)32-24(27)36(13)9-5-7-29-3/h4,6,8,15,21,27,29H,5,7,9-11H2,1-3H3,(H5,28,30,31,34,38,40,41,42,43)/p+1/b33-14-/t15-,21?/m1/s1. The fourth-order valence-electron chi connectivity index (χ4n) is 4.87. The van der Waals surface area contributed by atoms with Crippen LogP contribution in [0.25, 0.3) is 11.2 Å². The Labute approximate surface area is 269 Å². The van der Waals surface area contributed by atoms with Crippen LogP contribution in [0.2, 0.25) is 0 Å². The number of carboxylic acids is 2. The average Bonchev–Trinajstić information content (AvgIpc) is 3.58. The third kappa shape index (κ3) is 6.17. The van der Waals surface area contributed by atoms with E-state index >= 15 is 0 Å². The van der Waals surface area contributed by atoms with Gasteiger partial charge in [0.05, 0.1) is 6.20 Å². The van der Waals surface area contributed by atoms with Crippen LogP contribution in [0.15, 0.2) is 34.8 Å². The summed E-state index contributed by atoms with van der Waals surface area (Å²) >= 11 is 2.05. The Morgan fingerprint density at radius 3 is 2.67 bits per heavy atom. The van der Waals surface area contributed by atoms with E-state index in [-0.39, 0.29) is 29.0 Å². The summed E-state index contributed by atoms with van der Waals surface area (Å²) in [5.41, 5.74) is 11.2. The van der Waals surface area contributed by atoms with Crippen molar-refractivity contribution in [3.05, 3.63) is 35.4 Å². The Balaban J connectivity index is 1.38. The van der Waals surface area contributed by atoms with Gasteiger partial charge in [-0.2, -0.15) is 9.36 Å². The quantitative estimate of drug-likeness (QED) is 0.0417. The minimum Gasteiger partial charge on any atom is -0.478 e. The number of amides is 2. The summed E-state index contributed by atoms with van der Waals surface area (Å²) in [6.45, 7) is 4.03. The Kier molecular flexibility index (Phi) is 9.13. The minimum atomic E-state index is -1.80. The van der Waals surface area contributed by atoms with Gasteiger partial charge in [0.25, 0.3) is 11.8 Å². The lowest BCUT2D eigenvalue weighted by molar-refractivity contribution is -0.664. The molecule has 1 saturated heterocycles. The maximum atomic E-state index is 13.4. The molecule has 2 atom stereocenters. The van der Waals surface area contributed by atoms with Crippen molar-refractivity contribution < 1.29 is 38.8 Å². The van der Waals surface area contributed by atoms with Gasteiger partial charge in [-0.15, -0.1) is 11.8 Å². The summed E-state index contributed by atoms with van der Waals surface area (Å²) < 4.78 is 7.63. The molecule has 1 unspecified atom stereocenters. The second-order valence-corrected chi connectivity index (χ2v) is 12.7. The van der Waals surface area contributed by atoms with Crippen LogP contribution in [0.5, 0.6) is 0 Å². The molecule has 2 amide bonds. The van der Waals surface area contributed by atoms with Crippen molar-refractivity contribution in [3.63, 3.8) is 0 Å². The molecule has 5 rings (SSSR count). The van der Waals surface area contributed by atoms with E-state index in [0.29, 0.717) is 23.7 Å². The van der Waals surface area contributed by atoms with Crippen molar-refractivity contribution in [2.24, 2.45) is 5.16 Å². The molecule has 0 spiro atoms. The summed E-state index contributed by atoms with van der Waals surface area (Å²) in [6.07, 6.45) is 2.60. The SMILES string of the molecule is CNCCCn1c(N)nc2c1ccc[n+]2CC1=C(C(=O)O)N2C(=O)[C@@H](NC(=O)/C(=N\OC(C)(C)C(=O)O)c3nsc(N)n3)C2SC1. The van der Waals surface area contributed by atoms with Crippen LogP contribution in [0, 0.1) is 0 Å². The molecule has 0 radical (unpaired) electrons. The first-order valence-electron chi connectivity index (χ1n) is 13.9. The normalized spacial score (nSPS) is 18.4. The minimum absolute atomic E-state index is 0.0160. The van der Waals surface area contributed by atoms with Crippen molar-refractivity contribution in [2.45, 2.75) is 50.4 Å². The van der Waals surface area contributed by atoms with E-state index in [0.717, 1.165) is 34.9 Å². The van der Waals surface area contributed by atoms with E-state index in [4.69, 9.17) is 16.3 Å². The number of β-lactam (4-membered cyclic amide) rings is 1. The molecule has 46 heavy (non-hydrogen) atoms. The van der Waals surface area contributed by atoms with Gasteiger partial charge >= 0.3 is 23.5 Å². The fourth-order valence-corrected chi connectivity index (χ4v) is 6.64. The van der Waals surface area contributed by atoms with Crippen LogP contribution in [0.3, 0.4) is 0 Å². The summed E-state index contributed by atoms with van der Waals surface area (Å²) in [4.78, 5) is 65.3. The molecule has 2 aliphatic heterocycles. The second kappa shape index (κ2) is 12.9. The number of carboxylic acid groups (broad SMARTS) is 2. The summed E-state index contributed by atoms with van der Waals surface area (Å²) in [7, 11) is 1.87. The fraction of sp³-hybridized carbons (Fsp3) is 0.423. The predicted octanol–water partition coefficient (Wildman–Crippen LogP) is -1.03. The number of hydrogen-bond acceptors (Lipinski definition) is 14. The number of hydrogen-bond donors (Lipinski definition) is 6. The van der Waals surface area contributed by atoms with Gasteiger partial charge in [-0.05, 0) is 51.0 Å². The summed E-state index contributed by atoms with van der Waals surface area (Å²) in [5.74, 6) is -3.88. The largest absolute Gasteiger partial charge is 0.478 e. The Morgan fingerprint density at radius 2 is 2.02 bits per heavy atom. The van der Waals surface area contributed by atoms with E-state index < -0.39 is 46.5 Å². The topological polar surface area (TPSA) is 257 Å². The smallest absolute Gasteiger partial charge is 0.352 e. The van der Waals surface area contributed by atoms with Gasteiger partial charge in [0.1, 0.15) is 29.2 Å². The van der Waals surface area contributed by atoms with Gasteiger partial charge in [0.2, 0.25) is 17.1 Å². The number of imidazole rings is 1. The van der Waals surface area contributed by atoms with Crippen LogP contribution < -0.4 is 26.7 Å². The summed E-state index contributed by atoms with van der Waals surface area (Å²) in [6, 6.07) is 2.59. The van der Waals surface area contributed by atoms with Gasteiger partial charge in [0, 0.05) is 29.4 Å². The third-order valence-electron chi connectivity index (χ3n) is 7.26. The summed E-state index contributed by atoms with van der Waals surface area (Å²) in [5, 5.41) is 28.1. The number of aromatic nitrogens is 5. The number of carbonyl (C=O) groups is 4. The number of oxime groups is 1. The van der Waals surface area contributed by atoms with Gasteiger partial charge in [-0.3, -0.25) is 19.1 Å². The van der Waals surface area contributed by atoms with Gasteiger partial charge in [0.15, 0.2) is 5.13 Å². The van der Waals surface area contributed by atoms with Gasteiger partial charge in [-0.25, -0.2) is 14.2 Å². The molecule has 5 heterocycles. The zero-order chi connectivity index (χ0) is 33.3. The molecule has 0 aliphatic carbocycles. The van der Waals surface area contributed by atoms with Crippen LogP contribution in [-0.4, -0.2) is 99.8 Å². The van der Waals surface area contributed by atoms with E-state index in [2.05, 4.69) is 30.1 Å². The number of nitrogen functional groups attached to an aromatic ring is 2. The number of nitrogens with one attached hydrogen (secondary N) is 2. The van der Waals surface area contributed by atoms with Gasteiger partial charge < -0.3 is 37.2 Å². The Hall–Kier alpha value is -4.82. The molecule has 0 saturated carbocycles. The molecule has 20 heteroatoms. The number of nitrogens with two attached hydrogens (primary N) is 2. The zero-order valence-electron chi connectivity index (χ0n) is 25.0. The van der Waals surface area contributed by atoms with E-state index in [1.54, 1.807) is 10.8 Å². The molecule has 0 aromatic carbocycles. The van der Waals surface area contributed by atoms with E-state index in [1.165, 1.54) is 25.6 Å². The number of nitrogens with zero attached hydrogens (tertiary/aromatic N) is 7. The number of fused-ring (bicyclic) bond motifs is 2. The van der Waals surface area contributed by atoms with Crippen molar-refractivity contribution in [1.82, 2.24) is 34.4 Å². The number of thioether (sulfide) groups is 1. The molecule has 1 fully saturated rings. The van der Waals surface area contributed by atoms with Crippen LogP contribution in [0.1, 0.15) is 26.1 Å². The van der Waals surface area contributed by atoms with Crippen molar-refractivity contribution in [3.8, 4) is 0 Å². The highest BCUT2D eigenvalue weighted by Crippen LogP contribution is 2.40. The van der Waals surface area contributed by atoms with E-state index in [1.807, 2.05) is 23.7 Å². The van der Waals surface area contributed by atoms with Crippen molar-refractivity contribution in [1.29, 1.82) is 0 Å². The maximum absolute atomic E-state index is 13.4. The number of rotatable bonds is 13. The lowest BCUT2D eigenvalue weighted by Crippen LogP contribution is -2.71. The first-order valence-corrected chi connectivity index (χ1v) is 15.7. The number of aryl methyl sites for hydroxylation is 1. The van der Waals surface area contributed by atoms with Crippen LogP contribution in [0.4, 0.5) is 11.1 Å². The number of aliphatic carboxylic acids is 2. The third-order valence-corrected chi connectivity index (χ3v) is 9.15. The molecule has 8 N–H and O–H groups in total. The Morgan fingerprint density at radius 1 is 1.26 bits per heavy atom. The molecular weight excluding hydrogens is 642 g/mol. The van der Waals surface area contributed by atoms with Crippen molar-refractivity contribution >= 4 is 75.0 Å². The lowest BCUT2D eigenvalue weighted by Gasteiger charge is -2.49. The highest BCUT2D eigenvalue weighted by Gasteiger charge is 2.54. The van der Waals surface area contributed by atoms with Crippen LogP contribution >= 0.6 is 23.3 Å².